The fourth-order valence-electron chi connectivity index (χ4n) is 4.13. The van der Waals surface area contributed by atoms with Crippen molar-refractivity contribution in [2.24, 2.45) is 0 Å². The van der Waals surface area contributed by atoms with Gasteiger partial charge in [0.05, 0.1) is 7.11 Å². The highest BCUT2D eigenvalue weighted by molar-refractivity contribution is 5.94. The number of benzene rings is 2. The highest BCUT2D eigenvalue weighted by atomic mass is 16.5. The quantitative estimate of drug-likeness (QED) is 0.530. The van der Waals surface area contributed by atoms with Gasteiger partial charge in [-0.1, -0.05) is 24.3 Å². The smallest absolute Gasteiger partial charge is 0.251 e. The number of nitrogens with one attached hydrogen (secondary N) is 1. The molecule has 3 aromatic rings. The molecule has 0 spiro atoms. The number of hydrogen-bond acceptors (Lipinski definition) is 4. The number of nitrogens with zero attached hydrogens (tertiary/aromatic N) is 2. The van der Waals surface area contributed by atoms with Crippen molar-refractivity contribution in [1.82, 2.24) is 15.2 Å². The molecule has 166 valence electrons. The summed E-state index contributed by atoms with van der Waals surface area (Å²) >= 11 is 0. The molecule has 0 saturated carbocycles. The Balaban J connectivity index is 1.19. The third-order valence-electron chi connectivity index (χ3n) is 6.08. The van der Waals surface area contributed by atoms with Crippen LogP contribution >= 0.6 is 0 Å². The van der Waals surface area contributed by atoms with Crippen LogP contribution < -0.4 is 10.1 Å². The van der Waals surface area contributed by atoms with E-state index in [1.54, 1.807) is 7.11 Å². The summed E-state index contributed by atoms with van der Waals surface area (Å²) in [6.45, 7) is 5.78. The molecule has 0 radical (unpaired) electrons. The summed E-state index contributed by atoms with van der Waals surface area (Å²) in [5.74, 6) is 0.912. The summed E-state index contributed by atoms with van der Waals surface area (Å²) in [5.41, 5.74) is 6.61. The molecule has 1 amide bonds. The first kappa shape index (κ1) is 22.0. The maximum Gasteiger partial charge on any atom is 0.251 e. The van der Waals surface area contributed by atoms with E-state index in [9.17, 15) is 4.79 Å². The van der Waals surface area contributed by atoms with Crippen molar-refractivity contribution in [2.75, 3.05) is 26.7 Å². The molecule has 0 atom stereocenters. The lowest BCUT2D eigenvalue weighted by Crippen LogP contribution is -2.32. The van der Waals surface area contributed by atoms with Crippen molar-refractivity contribution in [3.05, 3.63) is 83.2 Å². The summed E-state index contributed by atoms with van der Waals surface area (Å²) in [7, 11) is 1.71. The third-order valence-corrected chi connectivity index (χ3v) is 6.08. The highest BCUT2D eigenvalue weighted by Crippen LogP contribution is 2.24. The summed E-state index contributed by atoms with van der Waals surface area (Å²) < 4.78 is 5.36. The number of ether oxygens (including phenoxy) is 1. The lowest BCUT2D eigenvalue weighted by molar-refractivity contribution is 0.0952. The molecule has 5 nitrogen and oxygen atoms in total. The van der Waals surface area contributed by atoms with Crippen LogP contribution in [0.1, 0.15) is 40.0 Å². The Bertz CT molecular complexity index is 1050. The van der Waals surface area contributed by atoms with Crippen molar-refractivity contribution in [2.45, 2.75) is 32.7 Å². The van der Waals surface area contributed by atoms with E-state index in [1.165, 1.54) is 11.1 Å². The lowest BCUT2D eigenvalue weighted by atomic mass is 9.99. The first-order valence-electron chi connectivity index (χ1n) is 11.3. The maximum atomic E-state index is 12.5. The highest BCUT2D eigenvalue weighted by Gasteiger charge is 2.16. The summed E-state index contributed by atoms with van der Waals surface area (Å²) in [4.78, 5) is 19.3. The minimum Gasteiger partial charge on any atom is -0.497 e. The van der Waals surface area contributed by atoms with E-state index in [1.807, 2.05) is 49.5 Å². The van der Waals surface area contributed by atoms with Gasteiger partial charge in [0, 0.05) is 42.7 Å². The Labute approximate surface area is 190 Å². The number of aryl methyl sites for hydroxylation is 1. The maximum absolute atomic E-state index is 12.5. The van der Waals surface area contributed by atoms with Gasteiger partial charge >= 0.3 is 0 Å². The molecule has 4 rings (SSSR count). The van der Waals surface area contributed by atoms with Gasteiger partial charge in [-0.05, 0) is 79.8 Å². The molecule has 0 saturated heterocycles. The predicted octanol–water partition coefficient (Wildman–Crippen LogP) is 4.63. The molecular formula is C27H31N3O2. The summed E-state index contributed by atoms with van der Waals surface area (Å²) in [5, 5.41) is 3.05. The second-order valence-electron chi connectivity index (χ2n) is 8.39. The molecule has 5 heteroatoms. The molecule has 32 heavy (non-hydrogen) atoms. The van der Waals surface area contributed by atoms with Crippen LogP contribution in [0.5, 0.6) is 5.75 Å². The van der Waals surface area contributed by atoms with Crippen molar-refractivity contribution in [3.8, 4) is 16.9 Å². The Morgan fingerprint density at radius 2 is 1.84 bits per heavy atom. The lowest BCUT2D eigenvalue weighted by Gasteiger charge is -2.29. The number of aromatic nitrogens is 1. The molecule has 0 bridgehead atoms. The van der Waals surface area contributed by atoms with Gasteiger partial charge < -0.3 is 10.1 Å². The molecular weight excluding hydrogens is 398 g/mol. The van der Waals surface area contributed by atoms with E-state index < -0.39 is 0 Å². The van der Waals surface area contributed by atoms with Crippen LogP contribution in [0, 0.1) is 6.92 Å². The topological polar surface area (TPSA) is 54.5 Å². The number of amides is 1. The number of methoxy groups -OCH3 is 1. The van der Waals surface area contributed by atoms with E-state index in [-0.39, 0.29) is 5.91 Å². The molecule has 1 aromatic heterocycles. The Morgan fingerprint density at radius 3 is 2.59 bits per heavy atom. The van der Waals surface area contributed by atoms with Crippen molar-refractivity contribution >= 4 is 5.91 Å². The van der Waals surface area contributed by atoms with Crippen molar-refractivity contribution in [3.63, 3.8) is 0 Å². The number of pyridine rings is 1. The Morgan fingerprint density at radius 1 is 1.03 bits per heavy atom. The van der Waals surface area contributed by atoms with E-state index in [0.717, 1.165) is 61.5 Å². The van der Waals surface area contributed by atoms with Gasteiger partial charge in [0.15, 0.2) is 0 Å². The van der Waals surface area contributed by atoms with Crippen LogP contribution in [-0.4, -0.2) is 42.5 Å². The van der Waals surface area contributed by atoms with Crippen LogP contribution in [0.25, 0.3) is 11.1 Å². The van der Waals surface area contributed by atoms with Crippen LogP contribution in [0.4, 0.5) is 0 Å². The summed E-state index contributed by atoms with van der Waals surface area (Å²) in [6, 6.07) is 18.1. The van der Waals surface area contributed by atoms with Gasteiger partial charge in [0.25, 0.3) is 5.91 Å². The molecule has 1 N–H and O–H groups in total. The Hall–Kier alpha value is -3.18. The van der Waals surface area contributed by atoms with Crippen LogP contribution in [0.2, 0.25) is 0 Å². The largest absolute Gasteiger partial charge is 0.497 e. The standard InChI is InChI=1S/C27H31N3O2/c1-20-5-6-24(18-29-20)21-7-9-23(10-8-21)27(31)28-14-3-4-15-30-16-13-22-11-12-26(32-2)17-25(22)19-30/h5-12,17-18H,3-4,13-16,19H2,1-2H3,(H,28,31). The molecule has 0 unspecified atom stereocenters. The monoisotopic (exact) mass is 429 g/mol. The minimum atomic E-state index is -0.0161. The van der Waals surface area contributed by atoms with Crippen LogP contribution in [-0.2, 0) is 13.0 Å². The van der Waals surface area contributed by atoms with Crippen LogP contribution in [0.3, 0.4) is 0 Å². The average molecular weight is 430 g/mol. The van der Waals surface area contributed by atoms with E-state index >= 15 is 0 Å². The molecule has 1 aliphatic rings. The van der Waals surface area contributed by atoms with Gasteiger partial charge in [-0.2, -0.15) is 0 Å². The molecule has 0 fully saturated rings. The SMILES string of the molecule is COc1ccc2c(c1)CN(CCCCNC(=O)c1ccc(-c3ccc(C)nc3)cc1)CC2. The van der Waals surface area contributed by atoms with Gasteiger partial charge in [-0.3, -0.25) is 14.7 Å². The zero-order chi connectivity index (χ0) is 22.3. The zero-order valence-electron chi connectivity index (χ0n) is 18.9. The van der Waals surface area contributed by atoms with Gasteiger partial charge in [-0.15, -0.1) is 0 Å². The second kappa shape index (κ2) is 10.4. The van der Waals surface area contributed by atoms with E-state index in [4.69, 9.17) is 4.74 Å². The van der Waals surface area contributed by atoms with E-state index in [0.29, 0.717) is 12.1 Å². The average Bonchev–Trinajstić information content (AvgIpc) is 2.83. The number of fused-ring (bicyclic) bond motifs is 1. The number of hydrogen-bond donors (Lipinski definition) is 1. The minimum absolute atomic E-state index is 0.0161. The second-order valence-corrected chi connectivity index (χ2v) is 8.39. The number of rotatable bonds is 8. The number of carbonyl (C=O) groups excluding carboxylic acids is 1. The Kier molecular flexibility index (Phi) is 7.17. The van der Waals surface area contributed by atoms with Gasteiger partial charge in [0.1, 0.15) is 5.75 Å². The normalized spacial score (nSPS) is 13.4. The molecule has 2 heterocycles. The molecule has 0 aliphatic carbocycles. The fourth-order valence-corrected chi connectivity index (χ4v) is 4.13. The first-order chi connectivity index (χ1) is 15.6. The van der Waals surface area contributed by atoms with Gasteiger partial charge in [0.2, 0.25) is 0 Å². The number of unbranched alkanes of at least 4 members (excludes halogenated alkanes) is 1. The van der Waals surface area contributed by atoms with Crippen LogP contribution in [0.15, 0.2) is 60.8 Å². The fraction of sp³-hybridized carbons (Fsp3) is 0.333. The van der Waals surface area contributed by atoms with Crippen molar-refractivity contribution in [1.29, 1.82) is 0 Å². The first-order valence-corrected chi connectivity index (χ1v) is 11.3. The number of carbonyl (C=O) groups is 1. The predicted molar refractivity (Wildman–Crippen MR) is 128 cm³/mol. The molecule has 2 aromatic carbocycles. The van der Waals surface area contributed by atoms with Crippen molar-refractivity contribution < 1.29 is 9.53 Å². The van der Waals surface area contributed by atoms with E-state index in [2.05, 4.69) is 33.4 Å². The van der Waals surface area contributed by atoms with Gasteiger partial charge in [-0.25, -0.2) is 0 Å². The zero-order valence-corrected chi connectivity index (χ0v) is 18.9. The summed E-state index contributed by atoms with van der Waals surface area (Å²) in [6.07, 6.45) is 4.99. The third kappa shape index (κ3) is 5.54. The molecule has 1 aliphatic heterocycles.